The fourth-order valence-corrected chi connectivity index (χ4v) is 6.24. The molecule has 0 amide bonds. The van der Waals surface area contributed by atoms with Gasteiger partial charge in [-0.1, -0.05) is 48.3 Å². The molecule has 0 spiro atoms. The van der Waals surface area contributed by atoms with Crippen molar-refractivity contribution in [3.8, 4) is 40.5 Å². The minimum absolute atomic E-state index is 0.0406. The summed E-state index contributed by atoms with van der Waals surface area (Å²) in [5.74, 6) is -0.287. The van der Waals surface area contributed by atoms with E-state index in [0.717, 1.165) is 12.0 Å². The standard InChI is InChI=1S/C38H44ClN9O6S/c39-25-11-7-24(8-12-25)35-47-26(19-52-35)22-55-36-30(18-43)33(29(17-42)34(46)48-36)23-9-13-27(14-10-23)51-20-28(54-38(50)32(45)6-2-4-16-41)21-53-37(49)31(44)5-1-3-15-40/h7-14,19,28,31-32H,1-6,15-16,20-22,40-41,44-45H2,(H2,46,48)/t28-,31-,32-/m0/s1. The number of carbonyl (C=O) groups excluding carboxylic acids is 2. The lowest BCUT2D eigenvalue weighted by Gasteiger charge is -2.21. The summed E-state index contributed by atoms with van der Waals surface area (Å²) in [6.45, 7) is 0.457. The number of pyridine rings is 1. The van der Waals surface area contributed by atoms with Crippen molar-refractivity contribution < 1.29 is 28.2 Å². The molecular formula is C38H44ClN9O6S. The maximum absolute atomic E-state index is 12.8. The molecule has 4 aromatic rings. The molecule has 4 rings (SSSR count). The van der Waals surface area contributed by atoms with Gasteiger partial charge in [-0.2, -0.15) is 10.5 Å². The quantitative estimate of drug-likeness (QED) is 0.0444. The van der Waals surface area contributed by atoms with Crippen LogP contribution in [0.2, 0.25) is 5.02 Å². The molecule has 10 N–H and O–H groups in total. The molecule has 2 aromatic carbocycles. The molecule has 290 valence electrons. The van der Waals surface area contributed by atoms with Gasteiger partial charge in [0.05, 0.1) is 11.3 Å². The molecule has 0 saturated heterocycles. The number of thioether (sulfide) groups is 1. The Morgan fingerprint density at radius 3 is 2.07 bits per heavy atom. The maximum atomic E-state index is 12.8. The summed E-state index contributed by atoms with van der Waals surface area (Å²) in [6, 6.07) is 16.1. The van der Waals surface area contributed by atoms with E-state index in [1.807, 2.05) is 0 Å². The van der Waals surface area contributed by atoms with Crippen molar-refractivity contribution in [1.29, 1.82) is 10.5 Å². The van der Waals surface area contributed by atoms with Crippen LogP contribution >= 0.6 is 23.4 Å². The number of nitrogen functional groups attached to an aromatic ring is 1. The largest absolute Gasteiger partial charge is 0.490 e. The van der Waals surface area contributed by atoms with Crippen LogP contribution in [0.15, 0.2) is 64.2 Å². The van der Waals surface area contributed by atoms with E-state index >= 15 is 0 Å². The Morgan fingerprint density at radius 2 is 1.45 bits per heavy atom. The maximum Gasteiger partial charge on any atom is 0.323 e. The number of nitriles is 2. The van der Waals surface area contributed by atoms with Gasteiger partial charge in [0.2, 0.25) is 5.89 Å². The molecule has 0 bridgehead atoms. The summed E-state index contributed by atoms with van der Waals surface area (Å²) in [6.07, 6.45) is 4.01. The first-order chi connectivity index (χ1) is 26.6. The molecule has 2 aromatic heterocycles. The Morgan fingerprint density at radius 1 is 0.836 bits per heavy atom. The highest BCUT2D eigenvalue weighted by molar-refractivity contribution is 7.98. The highest BCUT2D eigenvalue weighted by atomic mass is 35.5. The number of oxazole rings is 1. The fraction of sp³-hybridized carbons (Fsp3) is 0.368. The van der Waals surface area contributed by atoms with Crippen LogP contribution in [-0.4, -0.2) is 66.4 Å². The highest BCUT2D eigenvalue weighted by Crippen LogP contribution is 2.37. The van der Waals surface area contributed by atoms with E-state index in [1.54, 1.807) is 48.5 Å². The van der Waals surface area contributed by atoms with Gasteiger partial charge in [-0.3, -0.25) is 9.59 Å². The Bertz CT molecular complexity index is 1970. The topological polar surface area (TPSA) is 278 Å². The van der Waals surface area contributed by atoms with Crippen LogP contribution in [-0.2, 0) is 24.8 Å². The van der Waals surface area contributed by atoms with E-state index in [-0.39, 0.29) is 30.2 Å². The lowest BCUT2D eigenvalue weighted by molar-refractivity contribution is -0.162. The van der Waals surface area contributed by atoms with Gasteiger partial charge in [-0.15, -0.1) is 0 Å². The number of carbonyl (C=O) groups is 2. The Labute approximate surface area is 328 Å². The van der Waals surface area contributed by atoms with Crippen LogP contribution in [0.3, 0.4) is 0 Å². The third kappa shape index (κ3) is 12.4. The van der Waals surface area contributed by atoms with Crippen LogP contribution < -0.4 is 33.4 Å². The molecular weight excluding hydrogens is 746 g/mol. The van der Waals surface area contributed by atoms with Gasteiger partial charge in [0.15, 0.2) is 6.10 Å². The average Bonchev–Trinajstić information content (AvgIpc) is 3.67. The fourth-order valence-electron chi connectivity index (χ4n) is 5.24. The number of anilines is 1. The average molecular weight is 790 g/mol. The van der Waals surface area contributed by atoms with E-state index in [4.69, 9.17) is 58.9 Å². The highest BCUT2D eigenvalue weighted by Gasteiger charge is 2.25. The van der Waals surface area contributed by atoms with Gasteiger partial charge in [0.25, 0.3) is 0 Å². The van der Waals surface area contributed by atoms with Crippen molar-refractivity contribution in [2.45, 2.75) is 67.5 Å². The number of halogens is 1. The lowest BCUT2D eigenvalue weighted by Crippen LogP contribution is -2.40. The number of hydrogen-bond acceptors (Lipinski definition) is 16. The molecule has 0 aliphatic rings. The normalized spacial score (nSPS) is 12.6. The monoisotopic (exact) mass is 789 g/mol. The predicted octanol–water partition coefficient (Wildman–Crippen LogP) is 4.42. The number of esters is 2. The molecule has 0 aliphatic heterocycles. The van der Waals surface area contributed by atoms with Crippen molar-refractivity contribution in [2.24, 2.45) is 22.9 Å². The molecule has 0 aliphatic carbocycles. The van der Waals surface area contributed by atoms with Crippen molar-refractivity contribution in [1.82, 2.24) is 9.97 Å². The number of unbranched alkanes of at least 4 members (excludes halogenated alkanes) is 2. The summed E-state index contributed by atoms with van der Waals surface area (Å²) in [7, 11) is 0. The molecule has 0 fully saturated rings. The second-order valence-corrected chi connectivity index (χ2v) is 13.8. The zero-order valence-corrected chi connectivity index (χ0v) is 31.7. The Balaban J connectivity index is 1.48. The molecule has 0 unspecified atom stereocenters. The van der Waals surface area contributed by atoms with E-state index < -0.39 is 30.1 Å². The second-order valence-electron chi connectivity index (χ2n) is 12.4. The van der Waals surface area contributed by atoms with Crippen LogP contribution in [0.1, 0.15) is 55.3 Å². The number of nitrogens with two attached hydrogens (primary N) is 5. The predicted molar refractivity (Wildman–Crippen MR) is 208 cm³/mol. The van der Waals surface area contributed by atoms with E-state index in [0.29, 0.717) is 89.5 Å². The number of ether oxygens (including phenoxy) is 3. The van der Waals surface area contributed by atoms with Crippen LogP contribution in [0, 0.1) is 22.7 Å². The van der Waals surface area contributed by atoms with E-state index in [2.05, 4.69) is 22.1 Å². The van der Waals surface area contributed by atoms with Gasteiger partial charge < -0.3 is 47.3 Å². The lowest BCUT2D eigenvalue weighted by atomic mass is 9.97. The summed E-state index contributed by atoms with van der Waals surface area (Å²) < 4.78 is 22.5. The van der Waals surface area contributed by atoms with Gasteiger partial charge in [-0.05, 0) is 80.7 Å². The SMILES string of the molecule is N#Cc1c(N)nc(SCc2coc(-c3ccc(Cl)cc3)n2)c(C#N)c1-c1ccc(OC[C@@H](COC(=O)[C@@H](N)CCCCN)OC(=O)[C@@H](N)CCCCN)cc1. The molecule has 0 saturated carbocycles. The van der Waals surface area contributed by atoms with Gasteiger partial charge in [-0.25, -0.2) is 9.97 Å². The summed E-state index contributed by atoms with van der Waals surface area (Å²) in [5.41, 5.74) is 31.7. The van der Waals surface area contributed by atoms with Crippen molar-refractivity contribution in [3.63, 3.8) is 0 Å². The first kappa shape index (κ1) is 42.5. The molecule has 0 radical (unpaired) electrons. The summed E-state index contributed by atoms with van der Waals surface area (Å²) in [4.78, 5) is 34.2. The molecule has 3 atom stereocenters. The minimum atomic E-state index is -1.00. The number of benzene rings is 2. The van der Waals surface area contributed by atoms with Gasteiger partial charge in [0.1, 0.15) is 65.9 Å². The first-order valence-electron chi connectivity index (χ1n) is 17.6. The Kier molecular flexibility index (Phi) is 16.7. The third-order valence-corrected chi connectivity index (χ3v) is 9.49. The molecule has 55 heavy (non-hydrogen) atoms. The second kappa shape index (κ2) is 21.6. The molecule has 2 heterocycles. The molecule has 17 heteroatoms. The van der Waals surface area contributed by atoms with Crippen molar-refractivity contribution in [2.75, 3.05) is 32.0 Å². The van der Waals surface area contributed by atoms with Crippen molar-refractivity contribution >= 4 is 41.1 Å². The number of aromatic nitrogens is 2. The zero-order valence-electron chi connectivity index (χ0n) is 30.1. The summed E-state index contributed by atoms with van der Waals surface area (Å²) >= 11 is 7.21. The van der Waals surface area contributed by atoms with Gasteiger partial charge in [0, 0.05) is 21.9 Å². The van der Waals surface area contributed by atoms with Gasteiger partial charge >= 0.3 is 11.9 Å². The summed E-state index contributed by atoms with van der Waals surface area (Å²) in [5, 5.41) is 21.2. The number of rotatable bonds is 21. The number of hydrogen-bond donors (Lipinski definition) is 5. The number of nitrogens with zero attached hydrogens (tertiary/aromatic N) is 4. The first-order valence-corrected chi connectivity index (χ1v) is 18.9. The third-order valence-electron chi connectivity index (χ3n) is 8.23. The van der Waals surface area contributed by atoms with Crippen molar-refractivity contribution in [3.05, 3.63) is 76.6 Å². The zero-order chi connectivity index (χ0) is 39.7. The smallest absolute Gasteiger partial charge is 0.323 e. The molecule has 15 nitrogen and oxygen atoms in total. The van der Waals surface area contributed by atoms with Crippen LogP contribution in [0.5, 0.6) is 5.75 Å². The minimum Gasteiger partial charge on any atom is -0.490 e. The Hall–Kier alpha value is -5.20. The van der Waals surface area contributed by atoms with Crippen LogP contribution in [0.4, 0.5) is 5.82 Å². The van der Waals surface area contributed by atoms with E-state index in [9.17, 15) is 20.1 Å². The van der Waals surface area contributed by atoms with Crippen LogP contribution in [0.25, 0.3) is 22.6 Å². The van der Waals surface area contributed by atoms with E-state index in [1.165, 1.54) is 18.0 Å².